The van der Waals surface area contributed by atoms with Crippen molar-refractivity contribution < 1.29 is 0 Å². The van der Waals surface area contributed by atoms with Gasteiger partial charge in [-0.05, 0) is 132 Å². The van der Waals surface area contributed by atoms with E-state index in [1.807, 2.05) is 0 Å². The smallest absolute Gasteiger partial charge is 0.000785 e. The average molecular weight is 733 g/mol. The van der Waals surface area contributed by atoms with Crippen LogP contribution in [0.1, 0.15) is 0 Å². The van der Waals surface area contributed by atoms with Crippen molar-refractivity contribution in [2.45, 2.75) is 0 Å². The van der Waals surface area contributed by atoms with Gasteiger partial charge in [0.1, 0.15) is 0 Å². The molecule has 0 nitrogen and oxygen atoms in total. The van der Waals surface area contributed by atoms with Gasteiger partial charge in [0.15, 0.2) is 0 Å². The molecule has 12 rings (SSSR count). The first-order valence-electron chi connectivity index (χ1n) is 20.2. The molecule has 58 heavy (non-hydrogen) atoms. The topological polar surface area (TPSA) is 0 Å². The van der Waals surface area contributed by atoms with Gasteiger partial charge in [0.05, 0.1) is 0 Å². The Labute approximate surface area is 336 Å². The molecule has 0 atom stereocenters. The number of hydrogen-bond donors (Lipinski definition) is 0. The molecule has 12 aromatic carbocycles. The van der Waals surface area contributed by atoms with Crippen LogP contribution in [-0.4, -0.2) is 0 Å². The standard InChI is InChI=1S/C58H36/c1-3-19-37(20-4-1)53-45-29-13-9-25-41(45)43-27-11-15-31-47(43)57(53)55-49-33-17-18-34-50(49)56(52-36-40-24-8-7-23-39(40)35-51(52)55)58-48-32-16-12-28-44(48)42-26-10-14-30-46(42)54(58)38-21-5-2-6-22-38/h1-36H. The molecule has 0 saturated carbocycles. The molecule has 0 saturated heterocycles. The Balaban J connectivity index is 1.37. The highest BCUT2D eigenvalue weighted by Crippen LogP contribution is 2.54. The summed E-state index contributed by atoms with van der Waals surface area (Å²) in [5.74, 6) is 0. The molecule has 0 aromatic heterocycles. The monoisotopic (exact) mass is 732 g/mol. The van der Waals surface area contributed by atoms with Gasteiger partial charge < -0.3 is 0 Å². The van der Waals surface area contributed by atoms with E-state index in [2.05, 4.69) is 218 Å². The van der Waals surface area contributed by atoms with Crippen LogP contribution in [0.2, 0.25) is 0 Å². The minimum absolute atomic E-state index is 1.22. The predicted molar refractivity (Wildman–Crippen MR) is 251 cm³/mol. The summed E-state index contributed by atoms with van der Waals surface area (Å²) >= 11 is 0. The van der Waals surface area contributed by atoms with E-state index in [0.29, 0.717) is 0 Å². The van der Waals surface area contributed by atoms with Crippen molar-refractivity contribution in [3.8, 4) is 44.5 Å². The molecule has 0 aliphatic rings. The third-order valence-corrected chi connectivity index (χ3v) is 12.4. The van der Waals surface area contributed by atoms with E-state index >= 15 is 0 Å². The first-order chi connectivity index (χ1) is 28.8. The van der Waals surface area contributed by atoms with E-state index in [1.165, 1.54) is 120 Å². The summed E-state index contributed by atoms with van der Waals surface area (Å²) in [7, 11) is 0. The molecule has 0 bridgehead atoms. The van der Waals surface area contributed by atoms with E-state index < -0.39 is 0 Å². The van der Waals surface area contributed by atoms with Crippen molar-refractivity contribution in [2.75, 3.05) is 0 Å². The second-order valence-electron chi connectivity index (χ2n) is 15.5. The van der Waals surface area contributed by atoms with Gasteiger partial charge in [0.2, 0.25) is 0 Å². The van der Waals surface area contributed by atoms with Crippen LogP contribution in [0.3, 0.4) is 0 Å². The summed E-state index contributed by atoms with van der Waals surface area (Å²) in [5.41, 5.74) is 10.1. The normalized spacial score (nSPS) is 11.8. The van der Waals surface area contributed by atoms with Crippen molar-refractivity contribution in [1.29, 1.82) is 0 Å². The molecule has 0 spiro atoms. The van der Waals surface area contributed by atoms with Gasteiger partial charge >= 0.3 is 0 Å². The Bertz CT molecular complexity index is 3360. The van der Waals surface area contributed by atoms with Gasteiger partial charge in [0.25, 0.3) is 0 Å². The lowest BCUT2D eigenvalue weighted by molar-refractivity contribution is 1.65. The molecule has 0 N–H and O–H groups in total. The van der Waals surface area contributed by atoms with Crippen LogP contribution < -0.4 is 0 Å². The zero-order valence-electron chi connectivity index (χ0n) is 31.8. The highest BCUT2D eigenvalue weighted by Gasteiger charge is 2.26. The maximum atomic E-state index is 2.47. The zero-order chi connectivity index (χ0) is 38.2. The van der Waals surface area contributed by atoms with Gasteiger partial charge in [-0.15, -0.1) is 0 Å². The first-order valence-corrected chi connectivity index (χ1v) is 20.2. The molecule has 0 aliphatic heterocycles. The second kappa shape index (κ2) is 13.0. The molecule has 0 unspecified atom stereocenters. The van der Waals surface area contributed by atoms with Gasteiger partial charge in [-0.3, -0.25) is 0 Å². The maximum absolute atomic E-state index is 2.47. The summed E-state index contributed by atoms with van der Waals surface area (Å²) in [6.07, 6.45) is 0. The van der Waals surface area contributed by atoms with Gasteiger partial charge in [-0.1, -0.05) is 206 Å². The van der Waals surface area contributed by atoms with E-state index in [1.54, 1.807) is 0 Å². The number of benzene rings is 12. The number of hydrogen-bond acceptors (Lipinski definition) is 0. The van der Waals surface area contributed by atoms with Crippen molar-refractivity contribution >= 4 is 75.4 Å². The van der Waals surface area contributed by atoms with Crippen LogP contribution in [0.4, 0.5) is 0 Å². The van der Waals surface area contributed by atoms with Gasteiger partial charge in [-0.2, -0.15) is 0 Å². The van der Waals surface area contributed by atoms with Gasteiger partial charge in [0, 0.05) is 0 Å². The summed E-state index contributed by atoms with van der Waals surface area (Å²) in [5, 5.41) is 17.6. The predicted octanol–water partition coefficient (Wildman–Crippen LogP) is 16.4. The van der Waals surface area contributed by atoms with E-state index in [9.17, 15) is 0 Å². The van der Waals surface area contributed by atoms with Crippen LogP contribution in [-0.2, 0) is 0 Å². The average Bonchev–Trinajstić information content (AvgIpc) is 3.30. The molecular formula is C58H36. The Kier molecular flexibility index (Phi) is 7.33. The summed E-state index contributed by atoms with van der Waals surface area (Å²) < 4.78 is 0. The molecule has 0 radical (unpaired) electrons. The number of fused-ring (bicyclic) bond motifs is 9. The molecule has 0 aliphatic carbocycles. The summed E-state index contributed by atoms with van der Waals surface area (Å²) in [6.45, 7) is 0. The Hall–Kier alpha value is -7.54. The maximum Gasteiger partial charge on any atom is -0.000785 e. The SMILES string of the molecule is c1ccc(-c2c(-c3c4ccccc4c(-c4c(-c5ccccc5)c5ccccc5c5ccccc45)c4cc5ccccc5cc34)c3ccccc3c3ccccc23)cc1. The quantitative estimate of drug-likeness (QED) is 0.125. The van der Waals surface area contributed by atoms with Crippen LogP contribution in [0.5, 0.6) is 0 Å². The Morgan fingerprint density at radius 2 is 0.397 bits per heavy atom. The highest BCUT2D eigenvalue weighted by atomic mass is 14.3. The van der Waals surface area contributed by atoms with E-state index in [4.69, 9.17) is 0 Å². The number of rotatable bonds is 4. The first kappa shape index (κ1) is 32.7. The Morgan fingerprint density at radius 1 is 0.155 bits per heavy atom. The zero-order valence-corrected chi connectivity index (χ0v) is 31.8. The highest BCUT2D eigenvalue weighted by molar-refractivity contribution is 6.33. The summed E-state index contributed by atoms with van der Waals surface area (Å²) in [6, 6.07) is 81.0. The fraction of sp³-hybridized carbons (Fsp3) is 0. The molecular weight excluding hydrogens is 697 g/mol. The largest absolute Gasteiger partial charge is 0.0622 e. The van der Waals surface area contributed by atoms with Crippen LogP contribution >= 0.6 is 0 Å². The van der Waals surface area contributed by atoms with E-state index in [0.717, 1.165) is 0 Å². The molecule has 268 valence electrons. The van der Waals surface area contributed by atoms with Crippen LogP contribution in [0.25, 0.3) is 120 Å². The second-order valence-corrected chi connectivity index (χ2v) is 15.5. The third-order valence-electron chi connectivity index (χ3n) is 12.4. The minimum Gasteiger partial charge on any atom is -0.0622 e. The Morgan fingerprint density at radius 3 is 0.724 bits per heavy atom. The van der Waals surface area contributed by atoms with Crippen LogP contribution in [0.15, 0.2) is 218 Å². The fourth-order valence-corrected chi connectivity index (χ4v) is 10.0. The van der Waals surface area contributed by atoms with E-state index in [-0.39, 0.29) is 0 Å². The molecule has 0 fully saturated rings. The molecule has 12 aromatic rings. The molecule has 0 heteroatoms. The van der Waals surface area contributed by atoms with Crippen molar-refractivity contribution in [3.05, 3.63) is 218 Å². The van der Waals surface area contributed by atoms with Gasteiger partial charge in [-0.25, -0.2) is 0 Å². The van der Waals surface area contributed by atoms with Crippen molar-refractivity contribution in [3.63, 3.8) is 0 Å². The van der Waals surface area contributed by atoms with Crippen molar-refractivity contribution in [2.24, 2.45) is 0 Å². The van der Waals surface area contributed by atoms with Crippen LogP contribution in [0, 0.1) is 0 Å². The third kappa shape index (κ3) is 4.82. The molecule has 0 amide bonds. The lowest BCUT2D eigenvalue weighted by Gasteiger charge is -2.25. The fourth-order valence-electron chi connectivity index (χ4n) is 10.0. The van der Waals surface area contributed by atoms with Crippen molar-refractivity contribution in [1.82, 2.24) is 0 Å². The lowest BCUT2D eigenvalue weighted by Crippen LogP contribution is -1.97. The molecule has 0 heterocycles. The summed E-state index contributed by atoms with van der Waals surface area (Å²) in [4.78, 5) is 0. The lowest BCUT2D eigenvalue weighted by atomic mass is 9.77. The minimum atomic E-state index is 1.22.